The van der Waals surface area contributed by atoms with Crippen LogP contribution in [0.5, 0.6) is 11.5 Å². The highest BCUT2D eigenvalue weighted by Gasteiger charge is 2.15. The molecular formula is C20H16N4O5. The molecule has 0 saturated carbocycles. The Balaban J connectivity index is 1.48. The molecule has 9 heteroatoms. The summed E-state index contributed by atoms with van der Waals surface area (Å²) in [5, 5.41) is 5.73. The highest BCUT2D eigenvalue weighted by molar-refractivity contribution is 6.03. The Hall–Kier alpha value is -4.14. The van der Waals surface area contributed by atoms with Gasteiger partial charge in [-0.2, -0.15) is 0 Å². The minimum Gasteiger partial charge on any atom is -0.465 e. The van der Waals surface area contributed by atoms with Crippen molar-refractivity contribution in [3.63, 3.8) is 0 Å². The largest absolute Gasteiger partial charge is 0.465 e. The Morgan fingerprint density at radius 1 is 1.03 bits per heavy atom. The number of hydrogen-bond donors (Lipinski definition) is 2. The monoisotopic (exact) mass is 392 g/mol. The van der Waals surface area contributed by atoms with Crippen molar-refractivity contribution in [1.29, 1.82) is 0 Å². The molecule has 29 heavy (non-hydrogen) atoms. The second-order valence-electron chi connectivity index (χ2n) is 5.99. The lowest BCUT2D eigenvalue weighted by atomic mass is 10.2. The second-order valence-corrected chi connectivity index (χ2v) is 5.99. The fourth-order valence-corrected chi connectivity index (χ4v) is 2.69. The maximum atomic E-state index is 12.5. The molecule has 2 aromatic carbocycles. The van der Waals surface area contributed by atoms with Crippen LogP contribution in [0.15, 0.2) is 54.7 Å². The molecule has 2 N–H and O–H groups in total. The SMILES string of the molecule is COC(=O)c1cccc(NC(=O)c2ccnc(Nc3ccc4c(c3)OCO4)n2)c1. The van der Waals surface area contributed by atoms with E-state index in [0.717, 1.165) is 0 Å². The van der Waals surface area contributed by atoms with Gasteiger partial charge in [0, 0.05) is 23.6 Å². The van der Waals surface area contributed by atoms with Crippen LogP contribution in [-0.4, -0.2) is 35.7 Å². The lowest BCUT2D eigenvalue weighted by Gasteiger charge is -2.08. The average Bonchev–Trinajstić information content (AvgIpc) is 3.21. The van der Waals surface area contributed by atoms with Gasteiger partial charge < -0.3 is 24.8 Å². The highest BCUT2D eigenvalue weighted by atomic mass is 16.7. The van der Waals surface area contributed by atoms with Gasteiger partial charge in [-0.25, -0.2) is 14.8 Å². The van der Waals surface area contributed by atoms with E-state index >= 15 is 0 Å². The molecule has 1 aliphatic rings. The van der Waals surface area contributed by atoms with Crippen molar-refractivity contribution in [2.75, 3.05) is 24.5 Å². The van der Waals surface area contributed by atoms with Gasteiger partial charge in [0.2, 0.25) is 12.7 Å². The normalized spacial score (nSPS) is 11.6. The molecule has 0 saturated heterocycles. The van der Waals surface area contributed by atoms with Crippen molar-refractivity contribution in [1.82, 2.24) is 9.97 Å². The van der Waals surface area contributed by atoms with Gasteiger partial charge in [-0.3, -0.25) is 4.79 Å². The number of fused-ring (bicyclic) bond motifs is 1. The third kappa shape index (κ3) is 4.08. The lowest BCUT2D eigenvalue weighted by molar-refractivity contribution is 0.0600. The summed E-state index contributed by atoms with van der Waals surface area (Å²) < 4.78 is 15.3. The van der Waals surface area contributed by atoms with Crippen molar-refractivity contribution in [2.45, 2.75) is 0 Å². The van der Waals surface area contributed by atoms with E-state index in [1.807, 2.05) is 0 Å². The molecule has 1 aliphatic heterocycles. The Kier molecular flexibility index (Phi) is 4.93. The van der Waals surface area contributed by atoms with E-state index in [2.05, 4.69) is 25.3 Å². The van der Waals surface area contributed by atoms with Crippen LogP contribution in [0.1, 0.15) is 20.8 Å². The van der Waals surface area contributed by atoms with Crippen molar-refractivity contribution in [3.8, 4) is 11.5 Å². The summed E-state index contributed by atoms with van der Waals surface area (Å²) in [7, 11) is 1.29. The standard InChI is InChI=1S/C20H16N4O5/c1-27-19(26)12-3-2-4-13(9-12)22-18(25)15-7-8-21-20(24-15)23-14-5-6-16-17(10-14)29-11-28-16/h2-10H,11H2,1H3,(H,22,25)(H,21,23,24). The fraction of sp³-hybridized carbons (Fsp3) is 0.100. The molecule has 0 spiro atoms. The van der Waals surface area contributed by atoms with Crippen LogP contribution in [0.4, 0.5) is 17.3 Å². The average molecular weight is 392 g/mol. The molecule has 146 valence electrons. The fourth-order valence-electron chi connectivity index (χ4n) is 2.69. The Morgan fingerprint density at radius 3 is 2.76 bits per heavy atom. The number of esters is 1. The van der Waals surface area contributed by atoms with Crippen molar-refractivity contribution < 1.29 is 23.8 Å². The van der Waals surface area contributed by atoms with Crippen LogP contribution in [0.2, 0.25) is 0 Å². The first kappa shape index (κ1) is 18.2. The van der Waals surface area contributed by atoms with E-state index in [0.29, 0.717) is 28.4 Å². The molecule has 2 heterocycles. The third-order valence-electron chi connectivity index (χ3n) is 4.06. The highest BCUT2D eigenvalue weighted by Crippen LogP contribution is 2.34. The number of hydrogen-bond acceptors (Lipinski definition) is 8. The van der Waals surface area contributed by atoms with Gasteiger partial charge in [-0.05, 0) is 36.4 Å². The maximum Gasteiger partial charge on any atom is 0.337 e. The zero-order valence-electron chi connectivity index (χ0n) is 15.3. The van der Waals surface area contributed by atoms with E-state index in [9.17, 15) is 9.59 Å². The smallest absolute Gasteiger partial charge is 0.337 e. The number of rotatable bonds is 5. The molecule has 0 atom stereocenters. The molecule has 0 radical (unpaired) electrons. The van der Waals surface area contributed by atoms with Crippen molar-refractivity contribution >= 4 is 29.2 Å². The molecule has 0 fully saturated rings. The lowest BCUT2D eigenvalue weighted by Crippen LogP contribution is -2.15. The van der Waals surface area contributed by atoms with E-state index < -0.39 is 11.9 Å². The summed E-state index contributed by atoms with van der Waals surface area (Å²) in [4.78, 5) is 32.5. The first-order valence-electron chi connectivity index (χ1n) is 8.62. The van der Waals surface area contributed by atoms with E-state index in [4.69, 9.17) is 9.47 Å². The second kappa shape index (κ2) is 7.85. The first-order valence-corrected chi connectivity index (χ1v) is 8.62. The zero-order valence-corrected chi connectivity index (χ0v) is 15.3. The number of nitrogens with one attached hydrogen (secondary N) is 2. The van der Waals surface area contributed by atoms with Crippen LogP contribution in [0.3, 0.4) is 0 Å². The topological polar surface area (TPSA) is 112 Å². The molecule has 1 amide bonds. The third-order valence-corrected chi connectivity index (χ3v) is 4.06. The predicted molar refractivity (Wildman–Crippen MR) is 104 cm³/mol. The molecule has 9 nitrogen and oxygen atoms in total. The summed E-state index contributed by atoms with van der Waals surface area (Å²) in [6.45, 7) is 0.183. The van der Waals surface area contributed by atoms with Gasteiger partial charge >= 0.3 is 5.97 Å². The maximum absolute atomic E-state index is 12.5. The Labute approximate surface area is 165 Å². The van der Waals surface area contributed by atoms with E-state index in [1.165, 1.54) is 25.4 Å². The van der Waals surface area contributed by atoms with Crippen LogP contribution >= 0.6 is 0 Å². The van der Waals surface area contributed by atoms with Gasteiger partial charge in [0.15, 0.2) is 11.5 Å². The Morgan fingerprint density at radius 2 is 1.90 bits per heavy atom. The van der Waals surface area contributed by atoms with Crippen molar-refractivity contribution in [2.24, 2.45) is 0 Å². The quantitative estimate of drug-likeness (QED) is 0.638. The number of nitrogens with zero attached hydrogens (tertiary/aromatic N) is 2. The molecule has 0 bridgehead atoms. The van der Waals surface area contributed by atoms with Gasteiger partial charge in [0.1, 0.15) is 5.69 Å². The van der Waals surface area contributed by atoms with Crippen LogP contribution in [0.25, 0.3) is 0 Å². The summed E-state index contributed by atoms with van der Waals surface area (Å²) in [6, 6.07) is 13.3. The van der Waals surface area contributed by atoms with Crippen LogP contribution in [-0.2, 0) is 4.74 Å². The van der Waals surface area contributed by atoms with Crippen LogP contribution in [0, 0.1) is 0 Å². The number of aromatic nitrogens is 2. The predicted octanol–water partition coefficient (Wildman–Crippen LogP) is 2.99. The first-order chi connectivity index (χ1) is 14.1. The van der Waals surface area contributed by atoms with E-state index in [1.54, 1.807) is 36.4 Å². The molecule has 0 aliphatic carbocycles. The summed E-state index contributed by atoms with van der Waals surface area (Å²) in [5.41, 5.74) is 1.63. The minimum atomic E-state index is -0.488. The number of methoxy groups -OCH3 is 1. The van der Waals surface area contributed by atoms with Gasteiger partial charge in [-0.15, -0.1) is 0 Å². The van der Waals surface area contributed by atoms with Crippen molar-refractivity contribution in [3.05, 3.63) is 66.0 Å². The number of benzene rings is 2. The summed E-state index contributed by atoms with van der Waals surface area (Å²) in [5.74, 6) is 0.606. The number of carbonyl (C=O) groups is 2. The number of anilines is 3. The summed E-state index contributed by atoms with van der Waals surface area (Å²) in [6.07, 6.45) is 1.47. The van der Waals surface area contributed by atoms with E-state index in [-0.39, 0.29) is 18.4 Å². The van der Waals surface area contributed by atoms with Gasteiger partial charge in [-0.1, -0.05) is 6.07 Å². The van der Waals surface area contributed by atoms with Crippen LogP contribution < -0.4 is 20.1 Å². The Bertz CT molecular complexity index is 1090. The number of carbonyl (C=O) groups excluding carboxylic acids is 2. The molecule has 1 aromatic heterocycles. The minimum absolute atomic E-state index is 0.159. The number of amides is 1. The molecule has 0 unspecified atom stereocenters. The van der Waals surface area contributed by atoms with Gasteiger partial charge in [0.25, 0.3) is 5.91 Å². The molecular weight excluding hydrogens is 376 g/mol. The zero-order chi connectivity index (χ0) is 20.2. The van der Waals surface area contributed by atoms with Gasteiger partial charge in [0.05, 0.1) is 12.7 Å². The summed E-state index contributed by atoms with van der Waals surface area (Å²) >= 11 is 0. The molecule has 3 aromatic rings. The molecule has 4 rings (SSSR count). The number of ether oxygens (including phenoxy) is 3.